The minimum absolute atomic E-state index is 0.0373. The maximum atomic E-state index is 12.8. The number of carbonyl (C=O) groups is 2. The van der Waals surface area contributed by atoms with E-state index >= 15 is 0 Å². The van der Waals surface area contributed by atoms with Gasteiger partial charge in [0, 0.05) is 12.8 Å². The third-order valence-electron chi connectivity index (χ3n) is 13.4. The third-order valence-corrected chi connectivity index (χ3v) is 14.4. The number of phosphoric ester groups is 1. The zero-order valence-corrected chi connectivity index (χ0v) is 46.3. The molecule has 67 heavy (non-hydrogen) atoms. The maximum absolute atomic E-state index is 12.8. The molecule has 2 atom stereocenters. The summed E-state index contributed by atoms with van der Waals surface area (Å²) in [6.07, 6.45) is 56.1. The van der Waals surface area contributed by atoms with Gasteiger partial charge in [-0.1, -0.05) is 277 Å². The topological polar surface area (TPSA) is 108 Å². The average molecular weight is 974 g/mol. The van der Waals surface area contributed by atoms with E-state index in [1.54, 1.807) is 0 Å². The molecule has 400 valence electrons. The van der Waals surface area contributed by atoms with Crippen LogP contribution in [0.25, 0.3) is 0 Å². The Kier molecular flexibility index (Phi) is 49.2. The van der Waals surface area contributed by atoms with Crippen LogP contribution >= 0.6 is 7.82 Å². The standard InChI is InChI=1S/C57H114NO8P/c1-6-8-10-12-14-16-18-20-22-23-24-25-26-27-28-29-30-31-32-33-34-36-38-40-42-44-46-48-50-57(60)66-55(54-65-67(61,62)64-52-51-58(3,4)5)53-63-56(59)49-47-45-43-41-39-37-35-21-19-17-15-13-11-9-7-2/h55H,6-54H2,1-5H3/p+1. The van der Waals surface area contributed by atoms with Crippen molar-refractivity contribution < 1.29 is 42.1 Å². The first-order valence-electron chi connectivity index (χ1n) is 29.3. The highest BCUT2D eigenvalue weighted by Gasteiger charge is 2.27. The van der Waals surface area contributed by atoms with E-state index in [2.05, 4.69) is 13.8 Å². The molecule has 0 aromatic heterocycles. The number of rotatable bonds is 55. The normalized spacial score (nSPS) is 13.2. The highest BCUT2D eigenvalue weighted by atomic mass is 31.2. The molecule has 0 aromatic carbocycles. The van der Waals surface area contributed by atoms with Crippen LogP contribution in [0.4, 0.5) is 0 Å². The number of likely N-dealkylation sites (N-methyl/N-ethyl adjacent to an activating group) is 1. The van der Waals surface area contributed by atoms with E-state index in [0.29, 0.717) is 17.4 Å². The lowest BCUT2D eigenvalue weighted by Gasteiger charge is -2.24. The molecular weight excluding hydrogens is 858 g/mol. The van der Waals surface area contributed by atoms with Gasteiger partial charge in [0.25, 0.3) is 0 Å². The van der Waals surface area contributed by atoms with Crippen molar-refractivity contribution >= 4 is 19.8 Å². The Morgan fingerprint density at radius 2 is 0.672 bits per heavy atom. The predicted molar refractivity (Wildman–Crippen MR) is 285 cm³/mol. The van der Waals surface area contributed by atoms with E-state index in [1.807, 2.05) is 21.1 Å². The minimum atomic E-state index is -4.37. The first kappa shape index (κ1) is 66.0. The number of hydrogen-bond donors (Lipinski definition) is 1. The van der Waals surface area contributed by atoms with Gasteiger partial charge in [-0.25, -0.2) is 4.57 Å². The molecule has 0 radical (unpaired) electrons. The van der Waals surface area contributed by atoms with Crippen LogP contribution in [-0.2, 0) is 32.7 Å². The zero-order valence-electron chi connectivity index (χ0n) is 45.4. The van der Waals surface area contributed by atoms with E-state index in [1.165, 1.54) is 238 Å². The number of phosphoric acid groups is 1. The Hall–Kier alpha value is -0.990. The fourth-order valence-corrected chi connectivity index (χ4v) is 9.58. The zero-order chi connectivity index (χ0) is 49.2. The van der Waals surface area contributed by atoms with Crippen molar-refractivity contribution in [3.63, 3.8) is 0 Å². The first-order chi connectivity index (χ1) is 32.5. The van der Waals surface area contributed by atoms with Crippen molar-refractivity contribution in [3.8, 4) is 0 Å². The number of hydrogen-bond acceptors (Lipinski definition) is 7. The quantitative estimate of drug-likeness (QED) is 0.0278. The van der Waals surface area contributed by atoms with Crippen molar-refractivity contribution in [2.75, 3.05) is 47.5 Å². The molecule has 0 rings (SSSR count). The molecule has 0 spiro atoms. The second-order valence-corrected chi connectivity index (χ2v) is 22.9. The van der Waals surface area contributed by atoms with Gasteiger partial charge in [-0.3, -0.25) is 18.6 Å². The van der Waals surface area contributed by atoms with Gasteiger partial charge in [0.05, 0.1) is 27.7 Å². The molecule has 0 aliphatic rings. The van der Waals surface area contributed by atoms with Gasteiger partial charge in [0.1, 0.15) is 19.8 Å². The summed E-state index contributed by atoms with van der Waals surface area (Å²) in [4.78, 5) is 35.6. The molecule has 0 aromatic rings. The largest absolute Gasteiger partial charge is 0.472 e. The lowest BCUT2D eigenvalue weighted by Crippen LogP contribution is -2.37. The maximum Gasteiger partial charge on any atom is 0.472 e. The van der Waals surface area contributed by atoms with Crippen molar-refractivity contribution in [3.05, 3.63) is 0 Å². The molecule has 0 aliphatic heterocycles. The van der Waals surface area contributed by atoms with Crippen LogP contribution < -0.4 is 0 Å². The van der Waals surface area contributed by atoms with Crippen LogP contribution in [0.1, 0.15) is 303 Å². The molecule has 10 heteroatoms. The summed E-state index contributed by atoms with van der Waals surface area (Å²) in [5.74, 6) is -0.775. The minimum Gasteiger partial charge on any atom is -0.462 e. The Morgan fingerprint density at radius 3 is 0.955 bits per heavy atom. The number of nitrogens with zero attached hydrogens (tertiary/aromatic N) is 1. The second kappa shape index (κ2) is 50.0. The van der Waals surface area contributed by atoms with Crippen molar-refractivity contribution in [2.24, 2.45) is 0 Å². The SMILES string of the molecule is CCCCCCCCCCCCCCCCCCCCCCCCCCCCCCC(=O)OC(COC(=O)CCCCCCCCCCCCCCCCC)COP(=O)(O)OCC[N+](C)(C)C. The number of quaternary nitrogens is 1. The van der Waals surface area contributed by atoms with Crippen molar-refractivity contribution in [2.45, 2.75) is 309 Å². The smallest absolute Gasteiger partial charge is 0.462 e. The van der Waals surface area contributed by atoms with Gasteiger partial charge < -0.3 is 18.9 Å². The van der Waals surface area contributed by atoms with E-state index < -0.39 is 26.5 Å². The monoisotopic (exact) mass is 973 g/mol. The average Bonchev–Trinajstić information content (AvgIpc) is 3.29. The molecule has 0 saturated carbocycles. The van der Waals surface area contributed by atoms with E-state index in [0.717, 1.165) is 38.5 Å². The molecule has 2 unspecified atom stereocenters. The van der Waals surface area contributed by atoms with Crippen LogP contribution in [0.3, 0.4) is 0 Å². The summed E-state index contributed by atoms with van der Waals surface area (Å²) in [6, 6.07) is 0. The number of unbranched alkanes of at least 4 members (excludes halogenated alkanes) is 41. The van der Waals surface area contributed by atoms with Crippen LogP contribution in [0.5, 0.6) is 0 Å². The van der Waals surface area contributed by atoms with Crippen LogP contribution in [0.15, 0.2) is 0 Å². The number of carbonyl (C=O) groups excluding carboxylic acids is 2. The lowest BCUT2D eigenvalue weighted by molar-refractivity contribution is -0.870. The second-order valence-electron chi connectivity index (χ2n) is 21.4. The molecule has 0 amide bonds. The molecule has 0 heterocycles. The fraction of sp³-hybridized carbons (Fsp3) is 0.965. The number of esters is 2. The van der Waals surface area contributed by atoms with Crippen LogP contribution in [0, 0.1) is 0 Å². The Morgan fingerprint density at radius 1 is 0.403 bits per heavy atom. The van der Waals surface area contributed by atoms with Crippen molar-refractivity contribution in [1.82, 2.24) is 0 Å². The molecule has 0 fully saturated rings. The summed E-state index contributed by atoms with van der Waals surface area (Å²) >= 11 is 0. The molecule has 0 aliphatic carbocycles. The van der Waals surface area contributed by atoms with E-state index in [9.17, 15) is 19.0 Å². The summed E-state index contributed by atoms with van der Waals surface area (Å²) < 4.78 is 34.6. The predicted octanol–water partition coefficient (Wildman–Crippen LogP) is 17.9. The van der Waals surface area contributed by atoms with Gasteiger partial charge in [0.2, 0.25) is 0 Å². The van der Waals surface area contributed by atoms with E-state index in [-0.39, 0.29) is 25.6 Å². The Bertz CT molecular complexity index is 1100. The van der Waals surface area contributed by atoms with Crippen LogP contribution in [0.2, 0.25) is 0 Å². The Labute approximate surface area is 416 Å². The van der Waals surface area contributed by atoms with E-state index in [4.69, 9.17) is 18.5 Å². The molecule has 1 N–H and O–H groups in total. The fourth-order valence-electron chi connectivity index (χ4n) is 8.84. The molecule has 0 saturated heterocycles. The summed E-state index contributed by atoms with van der Waals surface area (Å²) in [5.41, 5.74) is 0. The molecular formula is C57H115NO8P+. The molecule has 0 bridgehead atoms. The molecule has 9 nitrogen and oxygen atoms in total. The van der Waals surface area contributed by atoms with Crippen molar-refractivity contribution in [1.29, 1.82) is 0 Å². The third kappa shape index (κ3) is 54.2. The van der Waals surface area contributed by atoms with Gasteiger partial charge in [0.15, 0.2) is 6.10 Å². The first-order valence-corrected chi connectivity index (χ1v) is 30.8. The van der Waals surface area contributed by atoms with Gasteiger partial charge >= 0.3 is 19.8 Å². The summed E-state index contributed by atoms with van der Waals surface area (Å²) in [7, 11) is 1.50. The summed E-state index contributed by atoms with van der Waals surface area (Å²) in [6.45, 7) is 4.50. The summed E-state index contributed by atoms with van der Waals surface area (Å²) in [5, 5.41) is 0. The Balaban J connectivity index is 4.03. The van der Waals surface area contributed by atoms with Gasteiger partial charge in [-0.2, -0.15) is 0 Å². The highest BCUT2D eigenvalue weighted by molar-refractivity contribution is 7.47. The number of ether oxygens (including phenoxy) is 2. The van der Waals surface area contributed by atoms with Gasteiger partial charge in [-0.05, 0) is 12.8 Å². The van der Waals surface area contributed by atoms with Crippen LogP contribution in [-0.4, -0.2) is 74.9 Å². The van der Waals surface area contributed by atoms with Gasteiger partial charge in [-0.15, -0.1) is 0 Å². The highest BCUT2D eigenvalue weighted by Crippen LogP contribution is 2.43. The lowest BCUT2D eigenvalue weighted by atomic mass is 10.0.